The molecule has 2 rings (SSSR count). The minimum Gasteiger partial charge on any atom is -0.323 e. The molecular weight excluding hydrogens is 299 g/mol. The van der Waals surface area contributed by atoms with Gasteiger partial charge in [-0.25, -0.2) is 9.37 Å². The quantitative estimate of drug-likeness (QED) is 0.885. The molecule has 0 aliphatic heterocycles. The van der Waals surface area contributed by atoms with Gasteiger partial charge in [0.15, 0.2) is 0 Å². The van der Waals surface area contributed by atoms with Crippen LogP contribution in [0.15, 0.2) is 47.2 Å². The number of amides is 1. The molecule has 1 aromatic carbocycles. The SMILES string of the molecule is O=C(Cc1ccccc1F)Nc1cccnc1Br. The smallest absolute Gasteiger partial charge is 0.228 e. The predicted molar refractivity (Wildman–Crippen MR) is 70.7 cm³/mol. The maximum Gasteiger partial charge on any atom is 0.228 e. The van der Waals surface area contributed by atoms with E-state index in [-0.39, 0.29) is 18.1 Å². The van der Waals surface area contributed by atoms with Gasteiger partial charge in [-0.2, -0.15) is 0 Å². The number of carbonyl (C=O) groups excluding carboxylic acids is 1. The number of nitrogens with zero attached hydrogens (tertiary/aromatic N) is 1. The first-order valence-corrected chi connectivity index (χ1v) is 6.10. The Balaban J connectivity index is 2.06. The second-order valence-corrected chi connectivity index (χ2v) is 4.41. The van der Waals surface area contributed by atoms with Gasteiger partial charge in [0, 0.05) is 6.20 Å². The number of pyridine rings is 1. The third-order valence-corrected chi connectivity index (χ3v) is 2.97. The summed E-state index contributed by atoms with van der Waals surface area (Å²) in [6.45, 7) is 0. The van der Waals surface area contributed by atoms with Crippen molar-refractivity contribution >= 4 is 27.5 Å². The minimum absolute atomic E-state index is 0.00594. The van der Waals surface area contributed by atoms with Crippen LogP contribution in [0.3, 0.4) is 0 Å². The van der Waals surface area contributed by atoms with Crippen molar-refractivity contribution in [2.45, 2.75) is 6.42 Å². The molecule has 0 aliphatic rings. The molecule has 0 bridgehead atoms. The molecule has 0 unspecified atom stereocenters. The molecule has 1 amide bonds. The fourth-order valence-corrected chi connectivity index (χ4v) is 1.84. The average Bonchev–Trinajstić information content (AvgIpc) is 2.35. The van der Waals surface area contributed by atoms with Crippen LogP contribution < -0.4 is 5.32 Å². The summed E-state index contributed by atoms with van der Waals surface area (Å²) in [5, 5.41) is 2.67. The molecule has 0 saturated carbocycles. The topological polar surface area (TPSA) is 42.0 Å². The van der Waals surface area contributed by atoms with Gasteiger partial charge in [-0.3, -0.25) is 4.79 Å². The highest BCUT2D eigenvalue weighted by atomic mass is 79.9. The van der Waals surface area contributed by atoms with Crippen molar-refractivity contribution in [1.82, 2.24) is 4.98 Å². The van der Waals surface area contributed by atoms with Crippen LogP contribution in [0.2, 0.25) is 0 Å². The molecule has 2 aromatic rings. The molecule has 0 saturated heterocycles. The first-order valence-electron chi connectivity index (χ1n) is 5.30. The van der Waals surface area contributed by atoms with E-state index in [0.29, 0.717) is 15.9 Å². The molecule has 92 valence electrons. The van der Waals surface area contributed by atoms with Gasteiger partial charge in [-0.1, -0.05) is 18.2 Å². The van der Waals surface area contributed by atoms with E-state index in [2.05, 4.69) is 26.2 Å². The molecule has 0 atom stereocenters. The number of anilines is 1. The normalized spacial score (nSPS) is 10.1. The van der Waals surface area contributed by atoms with Crippen LogP contribution in [0.1, 0.15) is 5.56 Å². The van der Waals surface area contributed by atoms with E-state index in [1.54, 1.807) is 36.5 Å². The van der Waals surface area contributed by atoms with Crippen LogP contribution in [0.5, 0.6) is 0 Å². The molecule has 3 nitrogen and oxygen atoms in total. The first-order chi connectivity index (χ1) is 8.66. The Morgan fingerprint density at radius 2 is 2.06 bits per heavy atom. The van der Waals surface area contributed by atoms with E-state index >= 15 is 0 Å². The van der Waals surface area contributed by atoms with Gasteiger partial charge in [0.05, 0.1) is 12.1 Å². The zero-order valence-corrected chi connectivity index (χ0v) is 10.9. The van der Waals surface area contributed by atoms with Crippen molar-refractivity contribution < 1.29 is 9.18 Å². The Morgan fingerprint density at radius 3 is 2.78 bits per heavy atom. The molecule has 5 heteroatoms. The van der Waals surface area contributed by atoms with Crippen LogP contribution in [0.25, 0.3) is 0 Å². The van der Waals surface area contributed by atoms with Crippen molar-refractivity contribution in [3.63, 3.8) is 0 Å². The lowest BCUT2D eigenvalue weighted by Crippen LogP contribution is -2.15. The Labute approximate surface area is 112 Å². The highest BCUT2D eigenvalue weighted by Gasteiger charge is 2.09. The fraction of sp³-hybridized carbons (Fsp3) is 0.0769. The maximum absolute atomic E-state index is 13.4. The Kier molecular flexibility index (Phi) is 4.04. The average molecular weight is 309 g/mol. The second kappa shape index (κ2) is 5.73. The molecular formula is C13H10BrFN2O. The molecule has 0 spiro atoms. The number of carbonyl (C=O) groups is 1. The van der Waals surface area contributed by atoms with E-state index in [1.165, 1.54) is 6.07 Å². The largest absolute Gasteiger partial charge is 0.323 e. The van der Waals surface area contributed by atoms with E-state index < -0.39 is 0 Å². The zero-order valence-electron chi connectivity index (χ0n) is 9.36. The summed E-state index contributed by atoms with van der Waals surface area (Å²) in [5.41, 5.74) is 0.939. The summed E-state index contributed by atoms with van der Waals surface area (Å²) in [6.07, 6.45) is 1.60. The van der Waals surface area contributed by atoms with Gasteiger partial charge in [0.2, 0.25) is 5.91 Å². The molecule has 1 heterocycles. The van der Waals surface area contributed by atoms with Crippen molar-refractivity contribution in [1.29, 1.82) is 0 Å². The van der Waals surface area contributed by atoms with Crippen molar-refractivity contribution in [2.24, 2.45) is 0 Å². The number of benzene rings is 1. The molecule has 1 N–H and O–H groups in total. The lowest BCUT2D eigenvalue weighted by Gasteiger charge is -2.06. The third-order valence-electron chi connectivity index (χ3n) is 2.34. The molecule has 18 heavy (non-hydrogen) atoms. The maximum atomic E-state index is 13.4. The van der Waals surface area contributed by atoms with Gasteiger partial charge >= 0.3 is 0 Å². The Bertz CT molecular complexity index is 525. The Morgan fingerprint density at radius 1 is 1.28 bits per heavy atom. The summed E-state index contributed by atoms with van der Waals surface area (Å²) in [6, 6.07) is 9.65. The van der Waals surface area contributed by atoms with Gasteiger partial charge in [0.1, 0.15) is 10.4 Å². The van der Waals surface area contributed by atoms with Crippen LogP contribution in [0, 0.1) is 5.82 Å². The lowest BCUT2D eigenvalue weighted by molar-refractivity contribution is -0.115. The van der Waals surface area contributed by atoms with Crippen molar-refractivity contribution in [3.8, 4) is 0 Å². The van der Waals surface area contributed by atoms with E-state index in [0.717, 1.165) is 0 Å². The van der Waals surface area contributed by atoms with Crippen LogP contribution >= 0.6 is 15.9 Å². The molecule has 0 fully saturated rings. The molecule has 1 aromatic heterocycles. The Hall–Kier alpha value is -1.75. The summed E-state index contributed by atoms with van der Waals surface area (Å²) in [4.78, 5) is 15.7. The monoisotopic (exact) mass is 308 g/mol. The minimum atomic E-state index is -0.377. The molecule has 0 aliphatic carbocycles. The van der Waals surface area contributed by atoms with Crippen LogP contribution in [-0.2, 0) is 11.2 Å². The van der Waals surface area contributed by atoms with Gasteiger partial charge in [-0.05, 0) is 39.7 Å². The summed E-state index contributed by atoms with van der Waals surface area (Å²) >= 11 is 3.22. The van der Waals surface area contributed by atoms with Crippen LogP contribution in [0.4, 0.5) is 10.1 Å². The number of nitrogens with one attached hydrogen (secondary N) is 1. The number of hydrogen-bond acceptors (Lipinski definition) is 2. The van der Waals surface area contributed by atoms with Crippen molar-refractivity contribution in [3.05, 3.63) is 58.6 Å². The lowest BCUT2D eigenvalue weighted by atomic mass is 10.1. The zero-order chi connectivity index (χ0) is 13.0. The van der Waals surface area contributed by atoms with Gasteiger partial charge in [-0.15, -0.1) is 0 Å². The summed E-state index contributed by atoms with van der Waals surface area (Å²) in [5.74, 6) is -0.660. The standard InChI is InChI=1S/C13H10BrFN2O/c14-13-11(6-3-7-16-13)17-12(18)8-9-4-1-2-5-10(9)15/h1-7H,8H2,(H,17,18). The van der Waals surface area contributed by atoms with Gasteiger partial charge in [0.25, 0.3) is 0 Å². The van der Waals surface area contributed by atoms with Crippen LogP contribution in [-0.4, -0.2) is 10.9 Å². The van der Waals surface area contributed by atoms with E-state index in [9.17, 15) is 9.18 Å². The van der Waals surface area contributed by atoms with E-state index in [4.69, 9.17) is 0 Å². The highest BCUT2D eigenvalue weighted by Crippen LogP contribution is 2.18. The predicted octanol–water partition coefficient (Wildman–Crippen LogP) is 3.16. The first kappa shape index (κ1) is 12.7. The van der Waals surface area contributed by atoms with Crippen molar-refractivity contribution in [2.75, 3.05) is 5.32 Å². The number of halogens is 2. The number of hydrogen-bond donors (Lipinski definition) is 1. The molecule has 0 radical (unpaired) electrons. The van der Waals surface area contributed by atoms with Gasteiger partial charge < -0.3 is 5.32 Å². The second-order valence-electron chi connectivity index (χ2n) is 3.66. The highest BCUT2D eigenvalue weighted by molar-refractivity contribution is 9.10. The third kappa shape index (κ3) is 3.13. The number of aromatic nitrogens is 1. The fourth-order valence-electron chi connectivity index (χ4n) is 1.49. The summed E-state index contributed by atoms with van der Waals surface area (Å²) < 4.78 is 13.9. The van der Waals surface area contributed by atoms with E-state index in [1.807, 2.05) is 0 Å². The number of rotatable bonds is 3. The summed E-state index contributed by atoms with van der Waals surface area (Å²) in [7, 11) is 0.